The summed E-state index contributed by atoms with van der Waals surface area (Å²) in [5.74, 6) is 1.46. The molecule has 1 aromatic carbocycles. The number of para-hydroxylation sites is 1. The van der Waals surface area contributed by atoms with Crippen molar-refractivity contribution in [2.45, 2.75) is 31.0 Å². The first-order valence-corrected chi connectivity index (χ1v) is 12.1. The number of nitrogens with one attached hydrogen (secondary N) is 1. The van der Waals surface area contributed by atoms with Gasteiger partial charge in [0.25, 0.3) is 5.22 Å². The van der Waals surface area contributed by atoms with E-state index in [1.165, 1.54) is 0 Å². The summed E-state index contributed by atoms with van der Waals surface area (Å²) in [4.78, 5) is 12.2. The van der Waals surface area contributed by atoms with Crippen LogP contribution in [0.15, 0.2) is 44.4 Å². The molecule has 154 valence electrons. The van der Waals surface area contributed by atoms with E-state index in [1.807, 2.05) is 37.3 Å². The van der Waals surface area contributed by atoms with Crippen LogP contribution < -0.4 is 5.32 Å². The second-order valence-electron chi connectivity index (χ2n) is 7.20. The van der Waals surface area contributed by atoms with Crippen molar-refractivity contribution >= 4 is 38.5 Å². The van der Waals surface area contributed by atoms with Crippen LogP contribution in [0.1, 0.15) is 31.0 Å². The number of hydrogen-bond donors (Lipinski definition) is 1. The average molecular weight is 436 g/mol. The zero-order valence-corrected chi connectivity index (χ0v) is 17.5. The summed E-state index contributed by atoms with van der Waals surface area (Å²) in [5.41, 5.74) is 0.784. The van der Waals surface area contributed by atoms with Gasteiger partial charge in [0.2, 0.25) is 11.8 Å². The lowest BCUT2D eigenvalue weighted by Crippen LogP contribution is -2.27. The molecular formula is C19H21N3O5S2. The van der Waals surface area contributed by atoms with Crippen molar-refractivity contribution in [1.29, 1.82) is 0 Å². The zero-order valence-electron chi connectivity index (χ0n) is 15.8. The highest BCUT2D eigenvalue weighted by atomic mass is 32.2. The molecule has 2 atom stereocenters. The second-order valence-corrected chi connectivity index (χ2v) is 10.4. The first-order chi connectivity index (χ1) is 13.9. The molecule has 1 fully saturated rings. The van der Waals surface area contributed by atoms with Gasteiger partial charge in [-0.25, -0.2) is 8.42 Å². The van der Waals surface area contributed by atoms with E-state index >= 15 is 0 Å². The molecule has 0 aliphatic carbocycles. The molecule has 3 heterocycles. The quantitative estimate of drug-likeness (QED) is 0.563. The Labute approximate surface area is 172 Å². The van der Waals surface area contributed by atoms with Crippen molar-refractivity contribution in [3.8, 4) is 0 Å². The highest BCUT2D eigenvalue weighted by molar-refractivity contribution is 7.99. The number of benzene rings is 1. The van der Waals surface area contributed by atoms with Crippen molar-refractivity contribution in [1.82, 2.24) is 15.5 Å². The topological polar surface area (TPSA) is 115 Å². The fourth-order valence-corrected chi connectivity index (χ4v) is 5.81. The molecule has 1 N–H and O–H groups in total. The monoisotopic (exact) mass is 435 g/mol. The van der Waals surface area contributed by atoms with Crippen LogP contribution >= 0.6 is 11.8 Å². The number of fused-ring (bicyclic) bond motifs is 1. The highest BCUT2D eigenvalue weighted by Gasteiger charge is 2.29. The number of carbonyl (C=O) groups is 1. The molecule has 8 nitrogen and oxygen atoms in total. The van der Waals surface area contributed by atoms with Gasteiger partial charge in [0.1, 0.15) is 11.3 Å². The van der Waals surface area contributed by atoms with Gasteiger partial charge in [-0.1, -0.05) is 30.0 Å². The minimum Gasteiger partial charge on any atom is -0.459 e. The van der Waals surface area contributed by atoms with Crippen molar-refractivity contribution in [2.24, 2.45) is 5.92 Å². The second kappa shape index (κ2) is 8.19. The SMILES string of the molecule is C[C@H](NC(=O)CSc1nnc(C[C@@H]2CCS(=O)(=O)C2)o1)c1cc2ccccc2o1. The van der Waals surface area contributed by atoms with Gasteiger partial charge in [0.15, 0.2) is 9.84 Å². The average Bonchev–Trinajstić information content (AvgIpc) is 3.38. The number of carbonyl (C=O) groups excluding carboxylic acids is 1. The molecule has 0 unspecified atom stereocenters. The Kier molecular flexibility index (Phi) is 5.64. The van der Waals surface area contributed by atoms with Gasteiger partial charge >= 0.3 is 0 Å². The van der Waals surface area contributed by atoms with E-state index in [0.29, 0.717) is 29.7 Å². The summed E-state index contributed by atoms with van der Waals surface area (Å²) in [6, 6.07) is 9.34. The molecule has 1 amide bonds. The van der Waals surface area contributed by atoms with Crippen LogP contribution in [0.3, 0.4) is 0 Å². The minimum absolute atomic E-state index is 0.0197. The number of aromatic nitrogens is 2. The number of rotatable bonds is 7. The van der Waals surface area contributed by atoms with E-state index in [-0.39, 0.29) is 35.1 Å². The summed E-state index contributed by atoms with van der Waals surface area (Å²) in [5, 5.41) is 12.1. The third-order valence-electron chi connectivity index (χ3n) is 4.81. The molecule has 2 aromatic heterocycles. The minimum atomic E-state index is -2.93. The Balaban J connectivity index is 1.27. The third-order valence-corrected chi connectivity index (χ3v) is 7.47. The Morgan fingerprint density at radius 2 is 2.14 bits per heavy atom. The van der Waals surface area contributed by atoms with E-state index in [4.69, 9.17) is 8.83 Å². The van der Waals surface area contributed by atoms with E-state index in [9.17, 15) is 13.2 Å². The van der Waals surface area contributed by atoms with Gasteiger partial charge in [-0.15, -0.1) is 10.2 Å². The number of furan rings is 1. The number of thioether (sulfide) groups is 1. The number of hydrogen-bond acceptors (Lipinski definition) is 8. The summed E-state index contributed by atoms with van der Waals surface area (Å²) in [7, 11) is -2.93. The predicted molar refractivity (Wildman–Crippen MR) is 108 cm³/mol. The highest BCUT2D eigenvalue weighted by Crippen LogP contribution is 2.25. The smallest absolute Gasteiger partial charge is 0.277 e. The Hall–Kier alpha value is -2.33. The van der Waals surface area contributed by atoms with Gasteiger partial charge in [0.05, 0.1) is 23.3 Å². The van der Waals surface area contributed by atoms with E-state index in [0.717, 1.165) is 22.7 Å². The molecule has 0 bridgehead atoms. The van der Waals surface area contributed by atoms with Crippen LogP contribution in [0.4, 0.5) is 0 Å². The van der Waals surface area contributed by atoms with E-state index < -0.39 is 9.84 Å². The van der Waals surface area contributed by atoms with E-state index in [2.05, 4.69) is 15.5 Å². The van der Waals surface area contributed by atoms with Gasteiger partial charge in [-0.3, -0.25) is 4.79 Å². The number of sulfone groups is 1. The van der Waals surface area contributed by atoms with Crippen molar-refractivity contribution in [2.75, 3.05) is 17.3 Å². The molecule has 0 spiro atoms. The van der Waals surface area contributed by atoms with Crippen LogP contribution in [0.25, 0.3) is 11.0 Å². The Morgan fingerprint density at radius 3 is 2.90 bits per heavy atom. The maximum atomic E-state index is 12.2. The molecule has 0 radical (unpaired) electrons. The van der Waals surface area contributed by atoms with Gasteiger partial charge < -0.3 is 14.2 Å². The first kappa shape index (κ1) is 20.0. The largest absolute Gasteiger partial charge is 0.459 e. The predicted octanol–water partition coefficient (Wildman–Crippen LogP) is 2.76. The molecule has 0 saturated carbocycles. The maximum Gasteiger partial charge on any atom is 0.277 e. The lowest BCUT2D eigenvalue weighted by molar-refractivity contribution is -0.119. The van der Waals surface area contributed by atoms with Crippen LogP contribution in [-0.2, 0) is 21.1 Å². The molecule has 3 aromatic rings. The van der Waals surface area contributed by atoms with Gasteiger partial charge in [-0.2, -0.15) is 0 Å². The van der Waals surface area contributed by atoms with Crippen molar-refractivity contribution in [3.05, 3.63) is 42.0 Å². The third kappa shape index (κ3) is 4.99. The molecule has 10 heteroatoms. The Bertz CT molecular complexity index is 1090. The molecule has 4 rings (SSSR count). The maximum absolute atomic E-state index is 12.2. The van der Waals surface area contributed by atoms with Crippen LogP contribution in [0.5, 0.6) is 0 Å². The summed E-state index contributed by atoms with van der Waals surface area (Å²) in [6.07, 6.45) is 1.07. The Morgan fingerprint density at radius 1 is 1.31 bits per heavy atom. The molecule has 1 saturated heterocycles. The fraction of sp³-hybridized carbons (Fsp3) is 0.421. The standard InChI is InChI=1S/C19H21N3O5S2/c1-12(16-9-14-4-2-3-5-15(14)26-16)20-17(23)10-28-19-22-21-18(27-19)8-13-6-7-29(24,25)11-13/h2-5,9,12-13H,6-8,10-11H2,1H3,(H,20,23)/t12-,13-/m0/s1. The van der Waals surface area contributed by atoms with Crippen LogP contribution in [-0.4, -0.2) is 41.8 Å². The van der Waals surface area contributed by atoms with Crippen molar-refractivity contribution in [3.63, 3.8) is 0 Å². The molecule has 1 aliphatic rings. The molecule has 29 heavy (non-hydrogen) atoms. The van der Waals surface area contributed by atoms with Gasteiger partial charge in [-0.05, 0) is 31.4 Å². The number of amides is 1. The normalized spacial score (nSPS) is 19.4. The number of nitrogens with zero attached hydrogens (tertiary/aromatic N) is 2. The van der Waals surface area contributed by atoms with Crippen LogP contribution in [0, 0.1) is 5.92 Å². The molecule has 1 aliphatic heterocycles. The van der Waals surface area contributed by atoms with Crippen LogP contribution in [0.2, 0.25) is 0 Å². The van der Waals surface area contributed by atoms with E-state index in [1.54, 1.807) is 0 Å². The first-order valence-electron chi connectivity index (χ1n) is 9.31. The lowest BCUT2D eigenvalue weighted by atomic mass is 10.1. The lowest BCUT2D eigenvalue weighted by Gasteiger charge is -2.10. The fourth-order valence-electron chi connectivity index (χ4n) is 3.36. The van der Waals surface area contributed by atoms with Crippen molar-refractivity contribution < 1.29 is 22.0 Å². The summed E-state index contributed by atoms with van der Waals surface area (Å²) >= 11 is 1.15. The summed E-state index contributed by atoms with van der Waals surface area (Å²) in [6.45, 7) is 1.86. The zero-order chi connectivity index (χ0) is 20.4. The molecular weight excluding hydrogens is 414 g/mol. The van der Waals surface area contributed by atoms with Gasteiger partial charge in [0, 0.05) is 11.8 Å². The summed E-state index contributed by atoms with van der Waals surface area (Å²) < 4.78 is 34.4.